The van der Waals surface area contributed by atoms with E-state index in [9.17, 15) is 4.39 Å². The van der Waals surface area contributed by atoms with Gasteiger partial charge >= 0.3 is 0 Å². The average molecular weight is 245 g/mol. The predicted molar refractivity (Wildman–Crippen MR) is 68.4 cm³/mol. The molecule has 0 saturated carbocycles. The van der Waals surface area contributed by atoms with E-state index >= 15 is 0 Å². The molecule has 0 amide bonds. The van der Waals surface area contributed by atoms with Gasteiger partial charge in [-0.3, -0.25) is 9.97 Å². The lowest BCUT2D eigenvalue weighted by Crippen LogP contribution is -2.20. The highest BCUT2D eigenvalue weighted by molar-refractivity contribution is 5.18. The predicted octanol–water partition coefficient (Wildman–Crippen LogP) is 2.77. The molecule has 1 atom stereocenters. The van der Waals surface area contributed by atoms with Crippen LogP contribution in [0.4, 0.5) is 4.39 Å². The quantitative estimate of drug-likeness (QED) is 0.900. The first-order valence-corrected chi connectivity index (χ1v) is 5.93. The molecule has 1 N–H and O–H groups in total. The van der Waals surface area contributed by atoms with Crippen LogP contribution in [-0.4, -0.2) is 9.97 Å². The van der Waals surface area contributed by atoms with Crippen molar-refractivity contribution in [2.45, 2.75) is 26.4 Å². The molecule has 0 aliphatic rings. The number of benzene rings is 1. The third kappa shape index (κ3) is 2.90. The highest BCUT2D eigenvalue weighted by Gasteiger charge is 2.10. The van der Waals surface area contributed by atoms with Crippen LogP contribution in [0.3, 0.4) is 0 Å². The first kappa shape index (κ1) is 12.6. The second kappa shape index (κ2) is 5.69. The van der Waals surface area contributed by atoms with Gasteiger partial charge in [0.15, 0.2) is 0 Å². The molecule has 1 aromatic heterocycles. The Labute approximate surface area is 106 Å². The topological polar surface area (TPSA) is 37.8 Å². The van der Waals surface area contributed by atoms with Crippen LogP contribution in [0.25, 0.3) is 0 Å². The smallest absolute Gasteiger partial charge is 0.127 e. The molecule has 94 valence electrons. The van der Waals surface area contributed by atoms with E-state index in [4.69, 9.17) is 0 Å². The van der Waals surface area contributed by atoms with Crippen molar-refractivity contribution >= 4 is 0 Å². The Morgan fingerprint density at radius 1 is 1.22 bits per heavy atom. The maximum atomic E-state index is 13.5. The van der Waals surface area contributed by atoms with Crippen LogP contribution >= 0.6 is 0 Å². The molecule has 0 fully saturated rings. The van der Waals surface area contributed by atoms with E-state index in [0.717, 1.165) is 11.4 Å². The molecule has 0 radical (unpaired) electrons. The van der Waals surface area contributed by atoms with Crippen molar-refractivity contribution in [3.8, 4) is 0 Å². The molecule has 2 rings (SSSR count). The summed E-state index contributed by atoms with van der Waals surface area (Å²) in [7, 11) is 0. The molecule has 1 aromatic carbocycles. The van der Waals surface area contributed by atoms with E-state index < -0.39 is 0 Å². The number of hydrogen-bond donors (Lipinski definition) is 1. The Hall–Kier alpha value is -1.81. The van der Waals surface area contributed by atoms with Crippen LogP contribution in [0, 0.1) is 12.7 Å². The molecule has 0 saturated heterocycles. The summed E-state index contributed by atoms with van der Waals surface area (Å²) < 4.78 is 13.5. The number of nitrogens with zero attached hydrogens (tertiary/aromatic N) is 2. The van der Waals surface area contributed by atoms with Crippen LogP contribution < -0.4 is 5.32 Å². The summed E-state index contributed by atoms with van der Waals surface area (Å²) in [6.07, 6.45) is 3.34. The van der Waals surface area contributed by atoms with E-state index in [-0.39, 0.29) is 11.9 Å². The lowest BCUT2D eigenvalue weighted by molar-refractivity contribution is 0.532. The summed E-state index contributed by atoms with van der Waals surface area (Å²) in [6.45, 7) is 4.39. The summed E-state index contributed by atoms with van der Waals surface area (Å²) in [5.41, 5.74) is 2.45. The Morgan fingerprint density at radius 3 is 2.67 bits per heavy atom. The van der Waals surface area contributed by atoms with Gasteiger partial charge in [-0.15, -0.1) is 0 Å². The molecule has 3 nitrogen and oxygen atoms in total. The van der Waals surface area contributed by atoms with Crippen LogP contribution in [0.1, 0.15) is 29.9 Å². The van der Waals surface area contributed by atoms with E-state index in [0.29, 0.717) is 12.1 Å². The summed E-state index contributed by atoms with van der Waals surface area (Å²) in [5, 5.41) is 3.25. The van der Waals surface area contributed by atoms with Gasteiger partial charge in [-0.1, -0.05) is 18.2 Å². The van der Waals surface area contributed by atoms with Crippen LogP contribution in [0.15, 0.2) is 36.7 Å². The SMILES string of the molecule is Cc1nccnc1C(C)NCc1ccccc1F. The second-order valence-corrected chi connectivity index (χ2v) is 4.22. The Bertz CT molecular complexity index is 528. The molecule has 0 aliphatic carbocycles. The molecule has 2 aromatic rings. The van der Waals surface area contributed by atoms with Crippen molar-refractivity contribution < 1.29 is 4.39 Å². The Morgan fingerprint density at radius 2 is 1.94 bits per heavy atom. The van der Waals surface area contributed by atoms with Crippen molar-refractivity contribution in [1.82, 2.24) is 15.3 Å². The van der Waals surface area contributed by atoms with Crippen LogP contribution in [0.5, 0.6) is 0 Å². The van der Waals surface area contributed by atoms with E-state index in [2.05, 4.69) is 15.3 Å². The molecule has 0 spiro atoms. The zero-order chi connectivity index (χ0) is 13.0. The highest BCUT2D eigenvalue weighted by atomic mass is 19.1. The zero-order valence-corrected chi connectivity index (χ0v) is 10.5. The van der Waals surface area contributed by atoms with Gasteiger partial charge in [0, 0.05) is 30.5 Å². The monoisotopic (exact) mass is 245 g/mol. The van der Waals surface area contributed by atoms with Gasteiger partial charge < -0.3 is 5.32 Å². The van der Waals surface area contributed by atoms with E-state index in [1.165, 1.54) is 6.07 Å². The first-order chi connectivity index (χ1) is 8.68. The van der Waals surface area contributed by atoms with Gasteiger partial charge in [-0.05, 0) is 19.9 Å². The van der Waals surface area contributed by atoms with Crippen molar-refractivity contribution in [3.05, 3.63) is 59.4 Å². The fraction of sp³-hybridized carbons (Fsp3) is 0.286. The van der Waals surface area contributed by atoms with E-state index in [1.807, 2.05) is 19.9 Å². The number of nitrogens with one attached hydrogen (secondary N) is 1. The summed E-state index contributed by atoms with van der Waals surface area (Å²) in [4.78, 5) is 8.49. The summed E-state index contributed by atoms with van der Waals surface area (Å²) >= 11 is 0. The molecular formula is C14H16FN3. The van der Waals surface area contributed by atoms with E-state index in [1.54, 1.807) is 24.5 Å². The molecule has 0 aliphatic heterocycles. The molecular weight excluding hydrogens is 229 g/mol. The summed E-state index contributed by atoms with van der Waals surface area (Å²) in [5.74, 6) is -0.187. The number of halogens is 1. The minimum absolute atomic E-state index is 0.0401. The number of rotatable bonds is 4. The number of aryl methyl sites for hydroxylation is 1. The normalized spacial score (nSPS) is 12.4. The lowest BCUT2D eigenvalue weighted by Gasteiger charge is -2.15. The minimum Gasteiger partial charge on any atom is -0.305 e. The Kier molecular flexibility index (Phi) is 3.99. The third-order valence-electron chi connectivity index (χ3n) is 2.89. The van der Waals surface area contributed by atoms with Crippen molar-refractivity contribution in [1.29, 1.82) is 0 Å². The highest BCUT2D eigenvalue weighted by Crippen LogP contribution is 2.13. The van der Waals surface area contributed by atoms with Crippen molar-refractivity contribution in [2.24, 2.45) is 0 Å². The standard InChI is InChI=1S/C14H16FN3/c1-10-14(17-8-7-16-10)11(2)18-9-12-5-3-4-6-13(12)15/h3-8,11,18H,9H2,1-2H3. The molecule has 1 unspecified atom stereocenters. The maximum Gasteiger partial charge on any atom is 0.127 e. The largest absolute Gasteiger partial charge is 0.305 e. The second-order valence-electron chi connectivity index (χ2n) is 4.22. The minimum atomic E-state index is -0.187. The third-order valence-corrected chi connectivity index (χ3v) is 2.89. The number of aromatic nitrogens is 2. The number of hydrogen-bond acceptors (Lipinski definition) is 3. The van der Waals surface area contributed by atoms with Gasteiger partial charge in [0.1, 0.15) is 5.82 Å². The van der Waals surface area contributed by atoms with Crippen LogP contribution in [0.2, 0.25) is 0 Å². The molecule has 4 heteroatoms. The van der Waals surface area contributed by atoms with Crippen LogP contribution in [-0.2, 0) is 6.54 Å². The zero-order valence-electron chi connectivity index (χ0n) is 10.5. The Balaban J connectivity index is 2.03. The summed E-state index contributed by atoms with van der Waals surface area (Å²) in [6, 6.07) is 6.81. The van der Waals surface area contributed by atoms with Crippen molar-refractivity contribution in [3.63, 3.8) is 0 Å². The fourth-order valence-electron chi connectivity index (χ4n) is 1.84. The van der Waals surface area contributed by atoms with Gasteiger partial charge in [0.25, 0.3) is 0 Å². The fourth-order valence-corrected chi connectivity index (χ4v) is 1.84. The van der Waals surface area contributed by atoms with Gasteiger partial charge in [-0.2, -0.15) is 0 Å². The van der Waals surface area contributed by atoms with Crippen molar-refractivity contribution in [2.75, 3.05) is 0 Å². The van der Waals surface area contributed by atoms with Gasteiger partial charge in [0.05, 0.1) is 11.4 Å². The van der Waals surface area contributed by atoms with Gasteiger partial charge in [0.2, 0.25) is 0 Å². The lowest BCUT2D eigenvalue weighted by atomic mass is 10.1. The molecule has 1 heterocycles. The van der Waals surface area contributed by atoms with Gasteiger partial charge in [-0.25, -0.2) is 4.39 Å². The average Bonchev–Trinajstić information content (AvgIpc) is 2.38. The first-order valence-electron chi connectivity index (χ1n) is 5.93. The molecule has 18 heavy (non-hydrogen) atoms. The molecule has 0 bridgehead atoms. The maximum absolute atomic E-state index is 13.5.